The Morgan fingerprint density at radius 3 is 2.00 bits per heavy atom. The van der Waals surface area contributed by atoms with Gasteiger partial charge in [-0.2, -0.15) is 5.26 Å². The SMILES string of the molecule is N#CS.[O-][Cl+]O. The average molecular weight is 128 g/mol. The van der Waals surface area contributed by atoms with Gasteiger partial charge in [0.15, 0.2) is 0 Å². The van der Waals surface area contributed by atoms with Crippen molar-refractivity contribution >= 4 is 12.6 Å². The second kappa shape index (κ2) is 19.7. The largest absolute Gasteiger partial charge is 0.506 e. The van der Waals surface area contributed by atoms with Crippen molar-refractivity contribution in [1.82, 2.24) is 0 Å². The van der Waals surface area contributed by atoms with E-state index in [4.69, 9.17) is 14.6 Å². The van der Waals surface area contributed by atoms with Gasteiger partial charge in [0.05, 0.1) is 0 Å². The zero-order chi connectivity index (χ0) is 5.41. The van der Waals surface area contributed by atoms with Crippen molar-refractivity contribution in [3.63, 3.8) is 0 Å². The van der Waals surface area contributed by atoms with Crippen LogP contribution < -0.4 is 4.66 Å². The third kappa shape index (κ3) is 15100. The summed E-state index contributed by atoms with van der Waals surface area (Å²) in [7, 11) is 0. The molecule has 3 nitrogen and oxygen atoms in total. The molecule has 0 aromatic rings. The molecule has 0 aromatic heterocycles. The lowest BCUT2D eigenvalue weighted by molar-refractivity contribution is -1.27. The third-order valence-electron chi connectivity index (χ3n) is 0. The first kappa shape index (κ1) is 9.41. The van der Waals surface area contributed by atoms with E-state index in [-0.39, 0.29) is 11.3 Å². The number of thiocyanates is 1. The van der Waals surface area contributed by atoms with Crippen molar-refractivity contribution in [1.29, 1.82) is 5.26 Å². The Labute approximate surface area is 44.7 Å². The van der Waals surface area contributed by atoms with Gasteiger partial charge in [0.2, 0.25) is 0 Å². The van der Waals surface area contributed by atoms with Gasteiger partial charge < -0.3 is 4.66 Å². The van der Waals surface area contributed by atoms with Crippen LogP contribution in [0.15, 0.2) is 0 Å². The van der Waals surface area contributed by atoms with E-state index >= 15 is 0 Å². The fourth-order valence-electron chi connectivity index (χ4n) is 0. The molecule has 5 heteroatoms. The maximum absolute atomic E-state index is 8.35. The molecule has 0 aliphatic heterocycles. The minimum atomic E-state index is -0.167. The molecule has 0 bridgehead atoms. The predicted molar refractivity (Wildman–Crippen MR) is 16.8 cm³/mol. The van der Waals surface area contributed by atoms with Crippen molar-refractivity contribution < 1.29 is 20.6 Å². The van der Waals surface area contributed by atoms with Crippen molar-refractivity contribution in [3.8, 4) is 5.40 Å². The van der Waals surface area contributed by atoms with Crippen molar-refractivity contribution in [3.05, 3.63) is 0 Å². The van der Waals surface area contributed by atoms with Crippen LogP contribution in [0.25, 0.3) is 0 Å². The molecule has 0 saturated carbocycles. The summed E-state index contributed by atoms with van der Waals surface area (Å²) < 4.78 is 15.2. The number of halogens is 1. The number of nitrogens with zero attached hydrogens (tertiary/aromatic N) is 1. The van der Waals surface area contributed by atoms with E-state index in [1.54, 1.807) is 0 Å². The van der Waals surface area contributed by atoms with E-state index < -0.39 is 0 Å². The van der Waals surface area contributed by atoms with Crippen molar-refractivity contribution in [2.45, 2.75) is 0 Å². The fourth-order valence-corrected chi connectivity index (χ4v) is 0. The summed E-state index contributed by atoms with van der Waals surface area (Å²) in [5, 5.41) is 8.63. The van der Waals surface area contributed by atoms with E-state index in [9.17, 15) is 0 Å². The zero-order valence-corrected chi connectivity index (χ0v) is 4.28. The monoisotopic (exact) mass is 127 g/mol. The summed E-state index contributed by atoms with van der Waals surface area (Å²) in [6.45, 7) is 0. The van der Waals surface area contributed by atoms with E-state index in [1.165, 1.54) is 5.40 Å². The second-order valence-corrected chi connectivity index (χ2v) is 0.507. The van der Waals surface area contributed by atoms with Gasteiger partial charge in [-0.05, 0) is 0 Å². The molecule has 0 atom stereocenters. The minimum absolute atomic E-state index is 0.167. The summed E-state index contributed by atoms with van der Waals surface area (Å²) in [6.07, 6.45) is 0. The highest BCUT2D eigenvalue weighted by Crippen LogP contribution is 1.46. The van der Waals surface area contributed by atoms with E-state index in [2.05, 4.69) is 12.6 Å². The predicted octanol–water partition coefficient (Wildman–Crippen LogP) is -1.35. The van der Waals surface area contributed by atoms with Crippen molar-refractivity contribution in [2.24, 2.45) is 0 Å². The van der Waals surface area contributed by atoms with Gasteiger partial charge in [-0.3, -0.25) is 0 Å². The Balaban J connectivity index is 0. The van der Waals surface area contributed by atoms with Crippen LogP contribution in [0.1, 0.15) is 0 Å². The summed E-state index contributed by atoms with van der Waals surface area (Å²) in [5.74, 6) is 0. The molecule has 36 valence electrons. The van der Waals surface area contributed by atoms with Gasteiger partial charge in [-0.15, -0.1) is 4.66 Å². The number of nitriles is 1. The maximum atomic E-state index is 8.35. The molecular formula is CH2ClNO2S. The van der Waals surface area contributed by atoms with Crippen LogP contribution in [0.3, 0.4) is 0 Å². The number of hydrogen-bond donors (Lipinski definition) is 2. The molecule has 0 radical (unpaired) electrons. The Morgan fingerprint density at radius 2 is 2.00 bits per heavy atom. The van der Waals surface area contributed by atoms with Crippen LogP contribution in [0, 0.1) is 22.0 Å². The molecule has 0 aromatic carbocycles. The summed E-state index contributed by atoms with van der Waals surface area (Å²) in [6, 6.07) is 0. The summed E-state index contributed by atoms with van der Waals surface area (Å²) >= 11 is 2.93. The molecule has 0 heterocycles. The van der Waals surface area contributed by atoms with Crippen LogP contribution in [0.4, 0.5) is 0 Å². The van der Waals surface area contributed by atoms with Crippen LogP contribution >= 0.6 is 12.6 Å². The highest BCUT2D eigenvalue weighted by atomic mass is 35.6. The lowest BCUT2D eigenvalue weighted by Gasteiger charge is -1.46. The molecule has 0 saturated heterocycles. The quantitative estimate of drug-likeness (QED) is 0.312. The topological polar surface area (TPSA) is 67.1 Å². The molecule has 0 unspecified atom stereocenters. The average Bonchev–Trinajstić information content (AvgIpc) is 1.39. The number of hydrogen-bond acceptors (Lipinski definition) is 4. The van der Waals surface area contributed by atoms with Gasteiger partial charge >= 0.3 is 11.3 Å². The van der Waals surface area contributed by atoms with Crippen molar-refractivity contribution in [2.75, 3.05) is 0 Å². The Kier molecular flexibility index (Phi) is 30.9. The van der Waals surface area contributed by atoms with Gasteiger partial charge in [0.25, 0.3) is 0 Å². The molecule has 1 N–H and O–H groups in total. The molecule has 0 fully saturated rings. The van der Waals surface area contributed by atoms with E-state index in [0.717, 1.165) is 0 Å². The maximum Gasteiger partial charge on any atom is 0.327 e. The third-order valence-corrected chi connectivity index (χ3v) is 0. The van der Waals surface area contributed by atoms with E-state index in [0.29, 0.717) is 0 Å². The molecule has 6 heavy (non-hydrogen) atoms. The lowest BCUT2D eigenvalue weighted by atomic mass is 11.8. The summed E-state index contributed by atoms with van der Waals surface area (Å²) in [5.41, 5.74) is 0. The second-order valence-electron chi connectivity index (χ2n) is 0.169. The molecular weight excluding hydrogens is 126 g/mol. The zero-order valence-electron chi connectivity index (χ0n) is 2.63. The van der Waals surface area contributed by atoms with Gasteiger partial charge in [-0.1, -0.05) is 12.6 Å². The highest BCUT2D eigenvalue weighted by molar-refractivity contribution is 7.85. The first-order chi connectivity index (χ1) is 2.83. The lowest BCUT2D eigenvalue weighted by Crippen LogP contribution is -1.94. The highest BCUT2D eigenvalue weighted by Gasteiger charge is 1.47. The Bertz CT molecular complexity index is 43.3. The Morgan fingerprint density at radius 1 is 2.00 bits per heavy atom. The van der Waals surface area contributed by atoms with Crippen LogP contribution in [0.2, 0.25) is 0 Å². The molecule has 0 aliphatic rings. The van der Waals surface area contributed by atoms with Crippen LogP contribution in [0.5, 0.6) is 0 Å². The molecule has 0 amide bonds. The number of thiol groups is 1. The standard InChI is InChI=1S/CHNS.ClHO2/c2*2-1-3/h3H;2H. The smallest absolute Gasteiger partial charge is 0.327 e. The van der Waals surface area contributed by atoms with Crippen LogP contribution in [-0.2, 0) is 0 Å². The first-order valence-corrected chi connectivity index (χ1v) is 1.86. The molecule has 0 rings (SSSR count). The number of rotatable bonds is 0. The molecule has 0 spiro atoms. The van der Waals surface area contributed by atoms with Gasteiger partial charge in [0.1, 0.15) is 5.40 Å². The fraction of sp³-hybridized carbons (Fsp3) is 0. The van der Waals surface area contributed by atoms with Gasteiger partial charge in [-0.25, -0.2) is 0 Å². The minimum Gasteiger partial charge on any atom is -0.506 e. The van der Waals surface area contributed by atoms with Gasteiger partial charge in [0, 0.05) is 0 Å². The normalized spacial score (nSPS) is 4.33. The van der Waals surface area contributed by atoms with E-state index in [1.807, 2.05) is 0 Å². The summed E-state index contributed by atoms with van der Waals surface area (Å²) in [4.78, 5) is 0. The first-order valence-electron chi connectivity index (χ1n) is 0.771. The molecule has 0 aliphatic carbocycles. The Hall–Kier alpha value is 0.0500. The van der Waals surface area contributed by atoms with Crippen LogP contribution in [-0.4, -0.2) is 4.66 Å².